The quantitative estimate of drug-likeness (QED) is 0.295. The number of para-hydroxylation sites is 1. The second-order valence-electron chi connectivity index (χ2n) is 9.90. The molecule has 5 rings (SSSR count). The highest BCUT2D eigenvalue weighted by molar-refractivity contribution is 6.30. The lowest BCUT2D eigenvalue weighted by atomic mass is 9.94. The fourth-order valence-corrected chi connectivity index (χ4v) is 5.27. The molecular weight excluding hydrogens is 514 g/mol. The first kappa shape index (κ1) is 26.6. The number of nitrogens with zero attached hydrogens (tertiary/aromatic N) is 4. The molecule has 9 heteroatoms. The molecule has 0 saturated heterocycles. The summed E-state index contributed by atoms with van der Waals surface area (Å²) in [7, 11) is 0. The lowest BCUT2D eigenvalue weighted by Gasteiger charge is -2.33. The number of aromatic nitrogens is 3. The topological polar surface area (TPSA) is 97.2 Å². The fraction of sp³-hybridized carbons (Fsp3) is 0.300. The van der Waals surface area contributed by atoms with Crippen molar-refractivity contribution in [3.63, 3.8) is 0 Å². The van der Waals surface area contributed by atoms with E-state index in [9.17, 15) is 14.4 Å². The summed E-state index contributed by atoms with van der Waals surface area (Å²) in [6, 6.07) is 20.2. The number of Topliss-reactive ketones (excluding diaryl/α,β-unsaturated/α-hetero) is 1. The van der Waals surface area contributed by atoms with E-state index in [1.807, 2.05) is 24.3 Å². The molecule has 1 aliphatic carbocycles. The Morgan fingerprint density at radius 2 is 1.74 bits per heavy atom. The van der Waals surface area contributed by atoms with Gasteiger partial charge in [0, 0.05) is 22.3 Å². The number of ketones is 1. The highest BCUT2D eigenvalue weighted by Gasteiger charge is 2.34. The van der Waals surface area contributed by atoms with Crippen molar-refractivity contribution in [2.24, 2.45) is 0 Å². The van der Waals surface area contributed by atoms with Crippen molar-refractivity contribution < 1.29 is 14.4 Å². The molecule has 1 aromatic heterocycles. The normalized spacial score (nSPS) is 14.6. The van der Waals surface area contributed by atoms with E-state index in [0.717, 1.165) is 32.1 Å². The van der Waals surface area contributed by atoms with Crippen LogP contribution < -0.4 is 10.2 Å². The number of amides is 2. The molecule has 8 nitrogen and oxygen atoms in total. The SMILES string of the molecule is CC(=O)c1cccc(N(C(=O)Cn2nnc3ccccc32)[C@H](C(=O)NC2CCCCC2)c2ccc(Cl)cc2)c1. The van der Waals surface area contributed by atoms with Crippen LogP contribution in [0.15, 0.2) is 72.8 Å². The number of carbonyl (C=O) groups excluding carboxylic acids is 3. The Bertz CT molecular complexity index is 1490. The number of fused-ring (bicyclic) bond motifs is 1. The summed E-state index contributed by atoms with van der Waals surface area (Å²) in [5, 5.41) is 12.1. The third kappa shape index (κ3) is 6.01. The van der Waals surface area contributed by atoms with E-state index >= 15 is 0 Å². The monoisotopic (exact) mass is 543 g/mol. The van der Waals surface area contributed by atoms with Crippen molar-refractivity contribution >= 4 is 45.9 Å². The zero-order chi connectivity index (χ0) is 27.4. The molecule has 0 radical (unpaired) electrons. The van der Waals surface area contributed by atoms with Gasteiger partial charge in [-0.15, -0.1) is 5.10 Å². The number of nitrogens with one attached hydrogen (secondary N) is 1. The van der Waals surface area contributed by atoms with Crippen LogP contribution >= 0.6 is 11.6 Å². The molecule has 3 aromatic carbocycles. The lowest BCUT2D eigenvalue weighted by molar-refractivity contribution is -0.127. The molecule has 1 N–H and O–H groups in total. The predicted octanol–water partition coefficient (Wildman–Crippen LogP) is 5.51. The van der Waals surface area contributed by atoms with Gasteiger partial charge in [-0.3, -0.25) is 19.3 Å². The third-order valence-corrected chi connectivity index (χ3v) is 7.40. The maximum atomic E-state index is 14.2. The first-order valence-electron chi connectivity index (χ1n) is 13.2. The molecule has 0 bridgehead atoms. The van der Waals surface area contributed by atoms with E-state index in [1.165, 1.54) is 16.5 Å². The minimum Gasteiger partial charge on any atom is -0.351 e. The van der Waals surface area contributed by atoms with Crippen LogP contribution in [0.3, 0.4) is 0 Å². The van der Waals surface area contributed by atoms with E-state index in [2.05, 4.69) is 15.6 Å². The van der Waals surface area contributed by atoms with Gasteiger partial charge < -0.3 is 5.32 Å². The second-order valence-corrected chi connectivity index (χ2v) is 10.3. The van der Waals surface area contributed by atoms with Crippen LogP contribution in [-0.4, -0.2) is 38.6 Å². The molecule has 0 unspecified atom stereocenters. The first-order valence-corrected chi connectivity index (χ1v) is 13.6. The van der Waals surface area contributed by atoms with Crippen molar-refractivity contribution in [2.45, 2.75) is 57.7 Å². The standard InChI is InChI=1S/C30H30ClN5O3/c1-20(37)22-8-7-11-25(18-22)36(28(38)19-35-27-13-6-5-12-26(27)33-34-35)29(21-14-16-23(31)17-15-21)30(39)32-24-9-3-2-4-10-24/h5-8,11-18,24,29H,2-4,9-10,19H2,1H3,(H,32,39)/t29-/m0/s1. The Morgan fingerprint density at radius 3 is 2.49 bits per heavy atom. The van der Waals surface area contributed by atoms with Crippen LogP contribution in [0.4, 0.5) is 5.69 Å². The highest BCUT2D eigenvalue weighted by Crippen LogP contribution is 2.31. The Morgan fingerprint density at radius 1 is 1.00 bits per heavy atom. The fourth-order valence-electron chi connectivity index (χ4n) is 5.14. The van der Waals surface area contributed by atoms with Crippen LogP contribution in [0.2, 0.25) is 5.02 Å². The molecule has 1 saturated carbocycles. The number of carbonyl (C=O) groups is 3. The zero-order valence-corrected chi connectivity index (χ0v) is 22.5. The summed E-state index contributed by atoms with van der Waals surface area (Å²) in [5.41, 5.74) is 2.87. The molecule has 4 aromatic rings. The lowest BCUT2D eigenvalue weighted by Crippen LogP contribution is -2.48. The molecular formula is C30H30ClN5O3. The Labute approximate surface area is 231 Å². The van der Waals surface area contributed by atoms with Crippen molar-refractivity contribution in [2.75, 3.05) is 4.90 Å². The highest BCUT2D eigenvalue weighted by atomic mass is 35.5. The van der Waals surface area contributed by atoms with E-state index < -0.39 is 6.04 Å². The second kappa shape index (κ2) is 11.8. The Balaban J connectivity index is 1.59. The zero-order valence-electron chi connectivity index (χ0n) is 21.7. The van der Waals surface area contributed by atoms with Gasteiger partial charge in [0.1, 0.15) is 18.1 Å². The van der Waals surface area contributed by atoms with Gasteiger partial charge in [0.2, 0.25) is 11.8 Å². The Kier molecular flexibility index (Phi) is 8.02. The molecule has 1 aliphatic rings. The largest absolute Gasteiger partial charge is 0.351 e. The molecule has 1 fully saturated rings. The van der Waals surface area contributed by atoms with Gasteiger partial charge in [-0.2, -0.15) is 0 Å². The van der Waals surface area contributed by atoms with E-state index in [4.69, 9.17) is 11.6 Å². The average molecular weight is 544 g/mol. The first-order chi connectivity index (χ1) is 18.9. The molecule has 0 aliphatic heterocycles. The van der Waals surface area contributed by atoms with E-state index in [-0.39, 0.29) is 30.2 Å². The van der Waals surface area contributed by atoms with Crippen LogP contribution in [0.1, 0.15) is 61.0 Å². The summed E-state index contributed by atoms with van der Waals surface area (Å²) >= 11 is 6.18. The van der Waals surface area contributed by atoms with Gasteiger partial charge >= 0.3 is 0 Å². The molecule has 39 heavy (non-hydrogen) atoms. The van der Waals surface area contributed by atoms with Crippen molar-refractivity contribution in [3.8, 4) is 0 Å². The smallest absolute Gasteiger partial charge is 0.249 e. The maximum absolute atomic E-state index is 14.2. The summed E-state index contributed by atoms with van der Waals surface area (Å²) in [6.45, 7) is 1.32. The van der Waals surface area contributed by atoms with Gasteiger partial charge in [0.25, 0.3) is 0 Å². The van der Waals surface area contributed by atoms with Gasteiger partial charge in [-0.25, -0.2) is 4.68 Å². The van der Waals surface area contributed by atoms with E-state index in [0.29, 0.717) is 32.9 Å². The maximum Gasteiger partial charge on any atom is 0.249 e. The van der Waals surface area contributed by atoms with Crippen LogP contribution in [0.25, 0.3) is 11.0 Å². The van der Waals surface area contributed by atoms with Crippen LogP contribution in [-0.2, 0) is 16.1 Å². The molecule has 2 amide bonds. The van der Waals surface area contributed by atoms with Gasteiger partial charge in [-0.05, 0) is 61.7 Å². The van der Waals surface area contributed by atoms with Gasteiger partial charge in [0.05, 0.1) is 5.52 Å². The number of rotatable bonds is 8. The van der Waals surface area contributed by atoms with Crippen LogP contribution in [0, 0.1) is 0 Å². The summed E-state index contributed by atoms with van der Waals surface area (Å²) in [4.78, 5) is 41.9. The summed E-state index contributed by atoms with van der Waals surface area (Å²) in [5.74, 6) is -0.791. The molecule has 1 atom stereocenters. The number of anilines is 1. The third-order valence-electron chi connectivity index (χ3n) is 7.15. The summed E-state index contributed by atoms with van der Waals surface area (Å²) in [6.07, 6.45) is 5.06. The average Bonchev–Trinajstić information content (AvgIpc) is 3.35. The van der Waals surface area contributed by atoms with Crippen LogP contribution in [0.5, 0.6) is 0 Å². The number of halogens is 1. The number of hydrogen-bond donors (Lipinski definition) is 1. The number of benzene rings is 3. The molecule has 0 spiro atoms. The minimum atomic E-state index is -0.992. The minimum absolute atomic E-state index is 0.0424. The Hall–Kier alpha value is -4.04. The molecule has 200 valence electrons. The number of hydrogen-bond acceptors (Lipinski definition) is 5. The van der Waals surface area contributed by atoms with E-state index in [1.54, 1.807) is 48.5 Å². The van der Waals surface area contributed by atoms with Crippen molar-refractivity contribution in [3.05, 3.63) is 88.9 Å². The summed E-state index contributed by atoms with van der Waals surface area (Å²) < 4.78 is 1.53. The molecule has 1 heterocycles. The van der Waals surface area contributed by atoms with Crippen molar-refractivity contribution in [1.82, 2.24) is 20.3 Å². The van der Waals surface area contributed by atoms with Gasteiger partial charge in [-0.1, -0.05) is 72.5 Å². The predicted molar refractivity (Wildman–Crippen MR) is 151 cm³/mol. The van der Waals surface area contributed by atoms with Crippen molar-refractivity contribution in [1.29, 1.82) is 0 Å². The van der Waals surface area contributed by atoms with Gasteiger partial charge in [0.15, 0.2) is 5.78 Å².